The summed E-state index contributed by atoms with van der Waals surface area (Å²) in [7, 11) is 0. The van der Waals surface area contributed by atoms with E-state index in [9.17, 15) is 0 Å². The average Bonchev–Trinajstić information content (AvgIpc) is 2.65. The Bertz CT molecular complexity index is 286. The molecule has 14 heavy (non-hydrogen) atoms. The highest BCUT2D eigenvalue weighted by Gasteiger charge is 2.24. The third kappa shape index (κ3) is 1.85. The van der Waals surface area contributed by atoms with Crippen molar-refractivity contribution in [1.82, 2.24) is 5.32 Å². The van der Waals surface area contributed by atoms with Gasteiger partial charge in [-0.05, 0) is 50.4 Å². The van der Waals surface area contributed by atoms with Crippen LogP contribution in [0.15, 0.2) is 16.7 Å². The first-order chi connectivity index (χ1) is 6.79. The Balaban J connectivity index is 2.07. The third-order valence-corrected chi connectivity index (χ3v) is 3.41. The number of piperidine rings is 1. The van der Waals surface area contributed by atoms with Gasteiger partial charge in [0.15, 0.2) is 0 Å². The van der Waals surface area contributed by atoms with Crippen LogP contribution in [0.2, 0.25) is 0 Å². The number of aryl methyl sites for hydroxylation is 1. The monoisotopic (exact) mass is 193 g/mol. The van der Waals surface area contributed by atoms with Gasteiger partial charge < -0.3 is 9.73 Å². The molecule has 1 atom stereocenters. The lowest BCUT2D eigenvalue weighted by Gasteiger charge is -2.27. The molecule has 1 saturated heterocycles. The first-order valence-corrected chi connectivity index (χ1v) is 5.53. The summed E-state index contributed by atoms with van der Waals surface area (Å²) in [6.45, 7) is 6.75. The Labute approximate surface area is 85.7 Å². The fourth-order valence-electron chi connectivity index (χ4n) is 2.41. The fourth-order valence-corrected chi connectivity index (χ4v) is 2.41. The van der Waals surface area contributed by atoms with Crippen molar-refractivity contribution in [3.8, 4) is 0 Å². The van der Waals surface area contributed by atoms with Gasteiger partial charge in [-0.15, -0.1) is 0 Å². The van der Waals surface area contributed by atoms with Crippen molar-refractivity contribution in [2.45, 2.75) is 32.6 Å². The summed E-state index contributed by atoms with van der Waals surface area (Å²) in [6, 6.07) is 2.06. The average molecular weight is 193 g/mol. The maximum atomic E-state index is 5.56. The Morgan fingerprint density at radius 2 is 2.14 bits per heavy atom. The normalized spacial score (nSPS) is 21.0. The Kier molecular flexibility index (Phi) is 2.92. The molecule has 0 radical (unpaired) electrons. The molecule has 0 amide bonds. The Morgan fingerprint density at radius 3 is 2.71 bits per heavy atom. The van der Waals surface area contributed by atoms with Gasteiger partial charge in [-0.3, -0.25) is 0 Å². The van der Waals surface area contributed by atoms with E-state index in [1.54, 1.807) is 0 Å². The second kappa shape index (κ2) is 4.18. The molecule has 1 unspecified atom stereocenters. The van der Waals surface area contributed by atoms with E-state index in [2.05, 4.69) is 25.2 Å². The van der Waals surface area contributed by atoms with Gasteiger partial charge in [0.05, 0.1) is 6.26 Å². The van der Waals surface area contributed by atoms with Crippen LogP contribution in [0.25, 0.3) is 0 Å². The molecule has 1 aliphatic heterocycles. The Hall–Kier alpha value is -0.760. The van der Waals surface area contributed by atoms with Crippen LogP contribution in [-0.2, 0) is 0 Å². The molecule has 2 nitrogen and oxygen atoms in total. The number of hydrogen-bond donors (Lipinski definition) is 1. The van der Waals surface area contributed by atoms with Crippen LogP contribution < -0.4 is 5.32 Å². The summed E-state index contributed by atoms with van der Waals surface area (Å²) in [4.78, 5) is 0. The van der Waals surface area contributed by atoms with E-state index in [4.69, 9.17) is 4.42 Å². The van der Waals surface area contributed by atoms with Crippen LogP contribution in [0, 0.1) is 12.8 Å². The molecule has 1 aliphatic rings. The third-order valence-electron chi connectivity index (χ3n) is 3.41. The van der Waals surface area contributed by atoms with Gasteiger partial charge in [0.2, 0.25) is 0 Å². The quantitative estimate of drug-likeness (QED) is 0.781. The van der Waals surface area contributed by atoms with Gasteiger partial charge in [-0.1, -0.05) is 6.92 Å². The zero-order chi connectivity index (χ0) is 9.97. The van der Waals surface area contributed by atoms with Crippen LogP contribution in [0.1, 0.15) is 37.0 Å². The standard InChI is InChI=1S/C12H19NO/c1-9-5-8-14-12(9)10(2)11-3-6-13-7-4-11/h5,8,10-11,13H,3-4,6-7H2,1-2H3. The molecular weight excluding hydrogens is 174 g/mol. The lowest BCUT2D eigenvalue weighted by Crippen LogP contribution is -2.30. The molecule has 78 valence electrons. The highest BCUT2D eigenvalue weighted by Crippen LogP contribution is 2.32. The number of rotatable bonds is 2. The van der Waals surface area contributed by atoms with Crippen molar-refractivity contribution < 1.29 is 4.42 Å². The maximum absolute atomic E-state index is 5.56. The van der Waals surface area contributed by atoms with E-state index in [-0.39, 0.29) is 0 Å². The molecule has 0 saturated carbocycles. The molecule has 0 aromatic carbocycles. The highest BCUT2D eigenvalue weighted by atomic mass is 16.3. The van der Waals surface area contributed by atoms with Crippen molar-refractivity contribution in [2.75, 3.05) is 13.1 Å². The summed E-state index contributed by atoms with van der Waals surface area (Å²) in [5.41, 5.74) is 1.30. The molecule has 2 heterocycles. The number of hydrogen-bond acceptors (Lipinski definition) is 2. The predicted molar refractivity (Wildman–Crippen MR) is 57.5 cm³/mol. The summed E-state index contributed by atoms with van der Waals surface area (Å²) >= 11 is 0. The van der Waals surface area contributed by atoms with Gasteiger partial charge in [-0.2, -0.15) is 0 Å². The summed E-state index contributed by atoms with van der Waals surface area (Å²) < 4.78 is 5.56. The van der Waals surface area contributed by atoms with Crippen molar-refractivity contribution in [2.24, 2.45) is 5.92 Å². The molecule has 0 spiro atoms. The minimum Gasteiger partial charge on any atom is -0.469 e. The number of furan rings is 1. The molecular formula is C12H19NO. The van der Waals surface area contributed by atoms with E-state index in [1.165, 1.54) is 24.2 Å². The van der Waals surface area contributed by atoms with Crippen molar-refractivity contribution in [3.63, 3.8) is 0 Å². The van der Waals surface area contributed by atoms with Gasteiger partial charge in [0, 0.05) is 5.92 Å². The number of nitrogens with one attached hydrogen (secondary N) is 1. The van der Waals surface area contributed by atoms with Crippen molar-refractivity contribution >= 4 is 0 Å². The second-order valence-corrected chi connectivity index (χ2v) is 4.34. The van der Waals surface area contributed by atoms with Crippen LogP contribution in [-0.4, -0.2) is 13.1 Å². The minimum atomic E-state index is 0.576. The largest absolute Gasteiger partial charge is 0.469 e. The van der Waals surface area contributed by atoms with E-state index in [1.807, 2.05) is 6.26 Å². The molecule has 2 heteroatoms. The molecule has 1 aromatic heterocycles. The van der Waals surface area contributed by atoms with Crippen LogP contribution in [0.3, 0.4) is 0 Å². The zero-order valence-corrected chi connectivity index (χ0v) is 9.05. The van der Waals surface area contributed by atoms with E-state index < -0.39 is 0 Å². The van der Waals surface area contributed by atoms with E-state index >= 15 is 0 Å². The molecule has 2 rings (SSSR count). The second-order valence-electron chi connectivity index (χ2n) is 4.34. The molecule has 0 bridgehead atoms. The SMILES string of the molecule is Cc1ccoc1C(C)C1CCNCC1. The van der Waals surface area contributed by atoms with Crippen molar-refractivity contribution in [3.05, 3.63) is 23.7 Å². The van der Waals surface area contributed by atoms with Crippen LogP contribution in [0.4, 0.5) is 0 Å². The smallest absolute Gasteiger partial charge is 0.109 e. The first-order valence-electron chi connectivity index (χ1n) is 5.53. The molecule has 1 aromatic rings. The molecule has 1 fully saturated rings. The highest BCUT2D eigenvalue weighted by molar-refractivity contribution is 5.19. The van der Waals surface area contributed by atoms with Gasteiger partial charge >= 0.3 is 0 Å². The van der Waals surface area contributed by atoms with E-state index in [0.717, 1.165) is 19.0 Å². The fraction of sp³-hybridized carbons (Fsp3) is 0.667. The minimum absolute atomic E-state index is 0.576. The summed E-state index contributed by atoms with van der Waals surface area (Å²) in [5, 5.41) is 3.40. The van der Waals surface area contributed by atoms with Gasteiger partial charge in [0.25, 0.3) is 0 Å². The maximum Gasteiger partial charge on any atom is 0.109 e. The lowest BCUT2D eigenvalue weighted by molar-refractivity contribution is 0.299. The van der Waals surface area contributed by atoms with Crippen molar-refractivity contribution in [1.29, 1.82) is 0 Å². The topological polar surface area (TPSA) is 25.2 Å². The molecule has 1 N–H and O–H groups in total. The predicted octanol–water partition coefficient (Wildman–Crippen LogP) is 2.69. The van der Waals surface area contributed by atoms with Gasteiger partial charge in [0.1, 0.15) is 5.76 Å². The zero-order valence-electron chi connectivity index (χ0n) is 9.05. The summed E-state index contributed by atoms with van der Waals surface area (Å²) in [6.07, 6.45) is 4.37. The van der Waals surface area contributed by atoms with Crippen LogP contribution in [0.5, 0.6) is 0 Å². The first kappa shape index (κ1) is 9.78. The summed E-state index contributed by atoms with van der Waals surface area (Å²) in [5.74, 6) is 2.56. The van der Waals surface area contributed by atoms with Gasteiger partial charge in [-0.25, -0.2) is 0 Å². The molecule has 0 aliphatic carbocycles. The van der Waals surface area contributed by atoms with Crippen LogP contribution >= 0.6 is 0 Å². The van der Waals surface area contributed by atoms with E-state index in [0.29, 0.717) is 5.92 Å². The lowest BCUT2D eigenvalue weighted by atomic mass is 9.84. The Morgan fingerprint density at radius 1 is 1.43 bits per heavy atom.